The van der Waals surface area contributed by atoms with Gasteiger partial charge in [-0.15, -0.1) is 0 Å². The van der Waals surface area contributed by atoms with Crippen molar-refractivity contribution in [3.05, 3.63) is 107 Å². The van der Waals surface area contributed by atoms with Gasteiger partial charge >= 0.3 is 5.70 Å². The quantitative estimate of drug-likeness (QED) is 0.192. The third-order valence-corrected chi connectivity index (χ3v) is 5.29. The summed E-state index contributed by atoms with van der Waals surface area (Å²) in [6, 6.07) is 24.6. The zero-order valence-electron chi connectivity index (χ0n) is 18.6. The number of carbonyl (C=O) groups excluding carboxylic acids is 1. The number of nitrogens with zero attached hydrogens (tertiary/aromatic N) is 1. The fraction of sp³-hybridized carbons (Fsp3) is 0.185. The lowest BCUT2D eigenvalue weighted by molar-refractivity contribution is -0.403. The van der Waals surface area contributed by atoms with Crippen LogP contribution >= 0.6 is 0 Å². The molecule has 6 nitrogen and oxygen atoms in total. The molecular weight excluding hydrogens is 414 g/mol. The smallest absolute Gasteiger partial charge is 0.317 e. The fourth-order valence-corrected chi connectivity index (χ4v) is 3.35. The van der Waals surface area contributed by atoms with Crippen LogP contribution in [0.1, 0.15) is 16.7 Å². The number of hydrogen-bond acceptors (Lipinski definition) is 4. The van der Waals surface area contributed by atoms with Crippen LogP contribution in [0.3, 0.4) is 0 Å². The Labute approximate surface area is 193 Å². The molecule has 0 atom stereocenters. The molecule has 168 valence electrons. The lowest BCUT2D eigenvalue weighted by Crippen LogP contribution is -2.21. The molecule has 1 heterocycles. The van der Waals surface area contributed by atoms with E-state index in [-0.39, 0.29) is 11.7 Å². The normalized spacial score (nSPS) is 13.8. The first-order chi connectivity index (χ1) is 16.1. The van der Waals surface area contributed by atoms with Gasteiger partial charge < -0.3 is 20.5 Å². The molecule has 3 aromatic rings. The standard InChI is InChI=1S/C27H27N3O3/c1-20-7-11-23(12-8-20)29-27(32)26(33-19-22-5-3-2-4-6-22)25-18-30(25)16-15-28-17-21-9-13-24(31)14-10-21/h2-14,18,28H,15-17,19H2,1H3,(H-,29,31,32)/p+1/b26-25-. The molecule has 1 amide bonds. The van der Waals surface area contributed by atoms with Gasteiger partial charge in [0.2, 0.25) is 6.21 Å². The number of carbonyl (C=O) groups is 1. The Bertz CT molecular complexity index is 1150. The van der Waals surface area contributed by atoms with Gasteiger partial charge in [0.05, 0.1) is 6.54 Å². The summed E-state index contributed by atoms with van der Waals surface area (Å²) >= 11 is 0. The summed E-state index contributed by atoms with van der Waals surface area (Å²) < 4.78 is 7.99. The van der Waals surface area contributed by atoms with Crippen molar-refractivity contribution in [2.75, 3.05) is 18.4 Å². The second-order valence-electron chi connectivity index (χ2n) is 7.97. The largest absolute Gasteiger partial charge is 0.508 e. The van der Waals surface area contributed by atoms with E-state index >= 15 is 0 Å². The van der Waals surface area contributed by atoms with Crippen molar-refractivity contribution in [2.45, 2.75) is 20.1 Å². The van der Waals surface area contributed by atoms with Gasteiger partial charge in [-0.05, 0) is 42.3 Å². The van der Waals surface area contributed by atoms with Crippen molar-refractivity contribution in [1.82, 2.24) is 5.32 Å². The predicted molar refractivity (Wildman–Crippen MR) is 129 cm³/mol. The summed E-state index contributed by atoms with van der Waals surface area (Å²) in [5.41, 5.74) is 4.76. The molecule has 3 aromatic carbocycles. The van der Waals surface area contributed by atoms with E-state index in [0.29, 0.717) is 18.9 Å². The van der Waals surface area contributed by atoms with E-state index in [2.05, 4.69) is 10.6 Å². The highest BCUT2D eigenvalue weighted by molar-refractivity contribution is 6.06. The molecule has 6 heteroatoms. The van der Waals surface area contributed by atoms with Crippen molar-refractivity contribution in [2.24, 2.45) is 0 Å². The molecule has 1 aliphatic rings. The zero-order chi connectivity index (χ0) is 23.0. The number of phenols is 1. The molecule has 0 saturated carbocycles. The fourth-order valence-electron chi connectivity index (χ4n) is 3.35. The van der Waals surface area contributed by atoms with Crippen LogP contribution in [0, 0.1) is 6.92 Å². The van der Waals surface area contributed by atoms with E-state index in [0.717, 1.165) is 41.2 Å². The highest BCUT2D eigenvalue weighted by atomic mass is 16.5. The van der Waals surface area contributed by atoms with Crippen LogP contribution in [0.2, 0.25) is 0 Å². The summed E-state index contributed by atoms with van der Waals surface area (Å²) in [6.45, 7) is 4.50. The number of ether oxygens (including phenoxy) is 1. The van der Waals surface area contributed by atoms with Crippen molar-refractivity contribution in [1.29, 1.82) is 0 Å². The average molecular weight is 443 g/mol. The number of benzene rings is 3. The van der Waals surface area contributed by atoms with Gasteiger partial charge in [0.25, 0.3) is 11.7 Å². The maximum absolute atomic E-state index is 13.0. The van der Waals surface area contributed by atoms with Crippen LogP contribution < -0.4 is 10.6 Å². The number of amides is 1. The van der Waals surface area contributed by atoms with Gasteiger partial charge in [-0.3, -0.25) is 4.79 Å². The second kappa shape index (κ2) is 10.6. The molecule has 0 aliphatic carbocycles. The van der Waals surface area contributed by atoms with E-state index in [4.69, 9.17) is 4.74 Å². The van der Waals surface area contributed by atoms with Crippen molar-refractivity contribution in [3.63, 3.8) is 0 Å². The summed E-state index contributed by atoms with van der Waals surface area (Å²) in [5, 5.41) is 15.7. The number of aromatic hydroxyl groups is 1. The zero-order valence-corrected chi connectivity index (χ0v) is 18.6. The molecule has 0 radical (unpaired) electrons. The van der Waals surface area contributed by atoms with Crippen molar-refractivity contribution in [3.8, 4) is 5.75 Å². The number of anilines is 1. The Morgan fingerprint density at radius 3 is 2.39 bits per heavy atom. The molecular formula is C27H28N3O3+. The minimum Gasteiger partial charge on any atom is -0.508 e. The molecule has 0 bridgehead atoms. The minimum absolute atomic E-state index is 0.263. The lowest BCUT2D eigenvalue weighted by Gasteiger charge is -2.09. The molecule has 3 N–H and O–H groups in total. The number of phenolic OH excluding ortho intramolecular Hbond substituents is 1. The number of aryl methyl sites for hydroxylation is 1. The van der Waals surface area contributed by atoms with Gasteiger partial charge in [0.1, 0.15) is 12.4 Å². The summed E-state index contributed by atoms with van der Waals surface area (Å²) in [5.74, 6) is 0.317. The topological polar surface area (TPSA) is 73.6 Å². The number of hydrogen-bond donors (Lipinski definition) is 3. The van der Waals surface area contributed by atoms with Crippen LogP contribution in [-0.2, 0) is 22.7 Å². The van der Waals surface area contributed by atoms with E-state index in [1.165, 1.54) is 0 Å². The van der Waals surface area contributed by atoms with Gasteiger partial charge in [-0.2, -0.15) is 4.58 Å². The first kappa shape index (κ1) is 22.3. The molecule has 0 unspecified atom stereocenters. The molecule has 33 heavy (non-hydrogen) atoms. The van der Waals surface area contributed by atoms with E-state index in [1.54, 1.807) is 12.1 Å². The van der Waals surface area contributed by atoms with Crippen molar-refractivity contribution >= 4 is 17.8 Å². The maximum Gasteiger partial charge on any atom is 0.317 e. The molecule has 0 spiro atoms. The number of nitrogens with one attached hydrogen (secondary N) is 2. The minimum atomic E-state index is -0.263. The van der Waals surface area contributed by atoms with Crippen LogP contribution in [0.4, 0.5) is 5.69 Å². The van der Waals surface area contributed by atoms with E-state index in [1.807, 2.05) is 84.4 Å². The lowest BCUT2D eigenvalue weighted by atomic mass is 10.2. The Hall–Kier alpha value is -3.90. The van der Waals surface area contributed by atoms with Crippen molar-refractivity contribution < 1.29 is 19.2 Å². The van der Waals surface area contributed by atoms with Gasteiger partial charge in [0, 0.05) is 12.2 Å². The molecule has 0 aromatic heterocycles. The summed E-state index contributed by atoms with van der Waals surface area (Å²) in [7, 11) is 0. The monoisotopic (exact) mass is 442 g/mol. The summed E-state index contributed by atoms with van der Waals surface area (Å²) in [4.78, 5) is 13.0. The van der Waals surface area contributed by atoms with Gasteiger partial charge in [0.15, 0.2) is 6.54 Å². The highest BCUT2D eigenvalue weighted by Gasteiger charge is 2.37. The van der Waals surface area contributed by atoms with Crippen LogP contribution in [-0.4, -0.2) is 34.9 Å². The van der Waals surface area contributed by atoms with Crippen LogP contribution in [0.15, 0.2) is 90.3 Å². The van der Waals surface area contributed by atoms with Gasteiger partial charge in [-0.1, -0.05) is 60.2 Å². The Morgan fingerprint density at radius 1 is 0.939 bits per heavy atom. The van der Waals surface area contributed by atoms with E-state index < -0.39 is 0 Å². The highest BCUT2D eigenvalue weighted by Crippen LogP contribution is 2.20. The third kappa shape index (κ3) is 6.54. The Kier molecular flexibility index (Phi) is 7.17. The maximum atomic E-state index is 13.0. The molecule has 0 fully saturated rings. The number of allylic oxidation sites excluding steroid dienone is 1. The van der Waals surface area contributed by atoms with Crippen LogP contribution in [0.5, 0.6) is 5.75 Å². The Morgan fingerprint density at radius 2 is 1.67 bits per heavy atom. The van der Waals surface area contributed by atoms with Crippen LogP contribution in [0.25, 0.3) is 0 Å². The predicted octanol–water partition coefficient (Wildman–Crippen LogP) is 3.95. The average Bonchev–Trinajstić information content (AvgIpc) is 3.59. The molecule has 0 saturated heterocycles. The third-order valence-electron chi connectivity index (χ3n) is 5.29. The first-order valence-electron chi connectivity index (χ1n) is 11.0. The second-order valence-corrected chi connectivity index (χ2v) is 7.97. The van der Waals surface area contributed by atoms with E-state index in [9.17, 15) is 9.90 Å². The molecule has 4 rings (SSSR count). The van der Waals surface area contributed by atoms with Gasteiger partial charge in [-0.25, -0.2) is 0 Å². The SMILES string of the molecule is Cc1ccc(NC(=O)/C(OCc2ccccc2)=C2C=[N+]\2CCNCc2ccc(O)cc2)cc1. The first-order valence-corrected chi connectivity index (χ1v) is 11.0. The molecule has 1 aliphatic heterocycles. The summed E-state index contributed by atoms with van der Waals surface area (Å²) in [6.07, 6.45) is 1.93. The Balaban J connectivity index is 1.36. The number of rotatable bonds is 10.